The van der Waals surface area contributed by atoms with E-state index < -0.39 is 11.7 Å². The van der Waals surface area contributed by atoms with E-state index in [4.69, 9.17) is 10.5 Å². The number of aromatic nitrogens is 3. The summed E-state index contributed by atoms with van der Waals surface area (Å²) in [5.41, 5.74) is 8.93. The van der Waals surface area contributed by atoms with Gasteiger partial charge >= 0.3 is 0 Å². The Hall–Kier alpha value is -4.53. The summed E-state index contributed by atoms with van der Waals surface area (Å²) in [4.78, 5) is 32.3. The Bertz CT molecular complexity index is 1490. The normalized spacial score (nSPS) is 12.9. The van der Waals surface area contributed by atoms with Gasteiger partial charge < -0.3 is 15.8 Å². The molecule has 1 aliphatic carbocycles. The van der Waals surface area contributed by atoms with Crippen molar-refractivity contribution >= 4 is 17.6 Å². The monoisotopic (exact) mass is 485 g/mol. The number of carbonyl (C=O) groups is 2. The predicted octanol–water partition coefficient (Wildman–Crippen LogP) is 4.93. The molecule has 9 heteroatoms. The fourth-order valence-corrected chi connectivity index (χ4v) is 3.74. The van der Waals surface area contributed by atoms with E-state index in [1.54, 1.807) is 29.0 Å². The Labute approximate surface area is 207 Å². The molecule has 1 fully saturated rings. The molecule has 0 spiro atoms. The molecule has 1 aliphatic rings. The summed E-state index contributed by atoms with van der Waals surface area (Å²) < 4.78 is 22.5. The molecule has 36 heavy (non-hydrogen) atoms. The number of pyridine rings is 1. The van der Waals surface area contributed by atoms with Gasteiger partial charge in [0.15, 0.2) is 11.6 Å². The molecule has 0 aliphatic heterocycles. The Kier molecular flexibility index (Phi) is 5.97. The van der Waals surface area contributed by atoms with E-state index in [2.05, 4.69) is 15.3 Å². The van der Waals surface area contributed by atoms with Crippen LogP contribution in [0.25, 0.3) is 17.1 Å². The molecule has 1 saturated carbocycles. The zero-order chi connectivity index (χ0) is 25.4. The first-order valence-corrected chi connectivity index (χ1v) is 11.5. The lowest BCUT2D eigenvalue weighted by molar-refractivity contribution is -0.117. The van der Waals surface area contributed by atoms with Crippen LogP contribution in [0.4, 0.5) is 10.2 Å². The zero-order valence-corrected chi connectivity index (χ0v) is 19.8. The van der Waals surface area contributed by atoms with Gasteiger partial charge in [0.1, 0.15) is 23.1 Å². The number of rotatable bonds is 7. The number of benzene rings is 2. The van der Waals surface area contributed by atoms with Crippen molar-refractivity contribution in [3.05, 3.63) is 83.6 Å². The molecular weight excluding hydrogens is 461 g/mol. The van der Waals surface area contributed by atoms with Crippen molar-refractivity contribution in [2.75, 3.05) is 5.32 Å². The third-order valence-corrected chi connectivity index (χ3v) is 6.08. The number of nitrogens with two attached hydrogens (primary N) is 1. The molecule has 0 radical (unpaired) electrons. The predicted molar refractivity (Wildman–Crippen MR) is 133 cm³/mol. The van der Waals surface area contributed by atoms with Gasteiger partial charge in [-0.15, -0.1) is 0 Å². The summed E-state index contributed by atoms with van der Waals surface area (Å²) >= 11 is 0. The summed E-state index contributed by atoms with van der Waals surface area (Å²) in [6.45, 7) is 3.99. The number of hydrogen-bond acceptors (Lipinski definition) is 5. The van der Waals surface area contributed by atoms with Crippen molar-refractivity contribution in [1.29, 1.82) is 0 Å². The number of ether oxygens (including phenoxy) is 1. The van der Waals surface area contributed by atoms with Crippen molar-refractivity contribution < 1.29 is 18.7 Å². The van der Waals surface area contributed by atoms with Crippen molar-refractivity contribution in [2.24, 2.45) is 11.7 Å². The van der Waals surface area contributed by atoms with Gasteiger partial charge in [0.2, 0.25) is 5.91 Å². The Morgan fingerprint density at radius 1 is 1.08 bits per heavy atom. The summed E-state index contributed by atoms with van der Waals surface area (Å²) in [5, 5.41) is 2.74. The third-order valence-electron chi connectivity index (χ3n) is 6.08. The maximum Gasteiger partial charge on any atom is 0.268 e. The number of amides is 2. The van der Waals surface area contributed by atoms with Crippen LogP contribution < -0.4 is 15.8 Å². The molecule has 8 nitrogen and oxygen atoms in total. The standard InChI is InChI=1S/C27H24FN5O3/c1-15-3-7-19(11-16(15)2)33-14-22(25(29)34)31-26(33)18-6-8-23(21(28)12-18)36-20-9-10-30-24(13-20)32-27(35)17-4-5-17/h3,6-14,17H,4-5H2,1-2H3,(H2,29,34)(H,30,32,35). The highest BCUT2D eigenvalue weighted by atomic mass is 19.1. The molecule has 0 unspecified atom stereocenters. The minimum absolute atomic E-state index is 0.0103. The molecule has 0 atom stereocenters. The number of halogens is 1. The van der Waals surface area contributed by atoms with Crippen molar-refractivity contribution in [3.63, 3.8) is 0 Å². The smallest absolute Gasteiger partial charge is 0.268 e. The zero-order valence-electron chi connectivity index (χ0n) is 19.8. The van der Waals surface area contributed by atoms with Gasteiger partial charge in [-0.25, -0.2) is 14.4 Å². The van der Waals surface area contributed by atoms with E-state index in [1.165, 1.54) is 18.3 Å². The number of nitrogens with zero attached hydrogens (tertiary/aromatic N) is 3. The second kappa shape index (κ2) is 9.26. The van der Waals surface area contributed by atoms with Crippen LogP contribution in [-0.4, -0.2) is 26.3 Å². The number of carbonyl (C=O) groups excluding carboxylic acids is 2. The number of nitrogens with one attached hydrogen (secondary N) is 1. The quantitative estimate of drug-likeness (QED) is 0.385. The van der Waals surface area contributed by atoms with Crippen LogP contribution in [0.2, 0.25) is 0 Å². The first-order valence-electron chi connectivity index (χ1n) is 11.5. The van der Waals surface area contributed by atoms with E-state index in [0.717, 1.165) is 29.7 Å². The van der Waals surface area contributed by atoms with Gasteiger partial charge in [0.05, 0.1) is 0 Å². The van der Waals surface area contributed by atoms with E-state index in [-0.39, 0.29) is 23.3 Å². The van der Waals surface area contributed by atoms with Gasteiger partial charge in [0, 0.05) is 35.6 Å². The van der Waals surface area contributed by atoms with Gasteiger partial charge in [-0.1, -0.05) is 6.07 Å². The summed E-state index contributed by atoms with van der Waals surface area (Å²) in [5.74, 6) is -0.316. The Balaban J connectivity index is 1.44. The SMILES string of the molecule is Cc1ccc(-n2cc(C(N)=O)nc2-c2ccc(Oc3ccnc(NC(=O)C4CC4)c3)c(F)c2)cc1C. The largest absolute Gasteiger partial charge is 0.454 e. The maximum absolute atomic E-state index is 15.1. The summed E-state index contributed by atoms with van der Waals surface area (Å²) in [6.07, 6.45) is 4.78. The molecule has 2 aromatic carbocycles. The average molecular weight is 486 g/mol. The van der Waals surface area contributed by atoms with Crippen molar-refractivity contribution in [3.8, 4) is 28.6 Å². The van der Waals surface area contributed by atoms with Gasteiger partial charge in [-0.3, -0.25) is 14.2 Å². The number of hydrogen-bond donors (Lipinski definition) is 2. The molecule has 2 heterocycles. The molecule has 182 valence electrons. The van der Waals surface area contributed by atoms with Crippen LogP contribution in [-0.2, 0) is 4.79 Å². The van der Waals surface area contributed by atoms with Crippen molar-refractivity contribution in [2.45, 2.75) is 26.7 Å². The number of anilines is 1. The van der Waals surface area contributed by atoms with E-state index >= 15 is 4.39 Å². The van der Waals surface area contributed by atoms with Crippen LogP contribution >= 0.6 is 0 Å². The maximum atomic E-state index is 15.1. The van der Waals surface area contributed by atoms with Crippen LogP contribution in [0.5, 0.6) is 11.5 Å². The molecule has 3 N–H and O–H groups in total. The Morgan fingerprint density at radius 2 is 1.89 bits per heavy atom. The number of primary amides is 1. The third kappa shape index (κ3) is 4.81. The van der Waals surface area contributed by atoms with Gasteiger partial charge in [-0.05, 0) is 74.2 Å². The lowest BCUT2D eigenvalue weighted by atomic mass is 10.1. The lowest BCUT2D eigenvalue weighted by Gasteiger charge is -2.12. The second-order valence-electron chi connectivity index (χ2n) is 8.84. The fourth-order valence-electron chi connectivity index (χ4n) is 3.74. The van der Waals surface area contributed by atoms with E-state index in [0.29, 0.717) is 23.0 Å². The molecule has 0 saturated heterocycles. The fraction of sp³-hybridized carbons (Fsp3) is 0.185. The molecular formula is C27H24FN5O3. The molecule has 0 bridgehead atoms. The highest BCUT2D eigenvalue weighted by molar-refractivity contribution is 5.93. The first-order chi connectivity index (χ1) is 17.3. The van der Waals surface area contributed by atoms with Crippen LogP contribution in [0, 0.1) is 25.6 Å². The van der Waals surface area contributed by atoms with Crippen molar-refractivity contribution in [1.82, 2.24) is 14.5 Å². The van der Waals surface area contributed by atoms with Crippen LogP contribution in [0.1, 0.15) is 34.5 Å². The number of imidazole rings is 1. The highest BCUT2D eigenvalue weighted by Crippen LogP contribution is 2.32. The number of aryl methyl sites for hydroxylation is 2. The van der Waals surface area contributed by atoms with Crippen LogP contribution in [0.3, 0.4) is 0 Å². The van der Waals surface area contributed by atoms with Gasteiger partial charge in [-0.2, -0.15) is 0 Å². The first kappa shape index (κ1) is 23.2. The summed E-state index contributed by atoms with van der Waals surface area (Å²) in [6, 6.07) is 13.4. The average Bonchev–Trinajstić information content (AvgIpc) is 3.61. The Morgan fingerprint density at radius 3 is 2.58 bits per heavy atom. The second-order valence-corrected chi connectivity index (χ2v) is 8.84. The topological polar surface area (TPSA) is 112 Å². The minimum Gasteiger partial charge on any atom is -0.454 e. The lowest BCUT2D eigenvalue weighted by Crippen LogP contribution is -2.14. The minimum atomic E-state index is -0.679. The summed E-state index contributed by atoms with van der Waals surface area (Å²) in [7, 11) is 0. The molecule has 2 aromatic heterocycles. The molecule has 2 amide bonds. The van der Waals surface area contributed by atoms with E-state index in [9.17, 15) is 9.59 Å². The molecule has 5 rings (SSSR count). The van der Waals surface area contributed by atoms with E-state index in [1.807, 2.05) is 32.0 Å². The van der Waals surface area contributed by atoms with Crippen LogP contribution in [0.15, 0.2) is 60.9 Å². The molecule has 4 aromatic rings. The van der Waals surface area contributed by atoms with Gasteiger partial charge in [0.25, 0.3) is 5.91 Å². The highest BCUT2D eigenvalue weighted by Gasteiger charge is 2.29.